The summed E-state index contributed by atoms with van der Waals surface area (Å²) in [6.07, 6.45) is 3.95. The highest BCUT2D eigenvalue weighted by Crippen LogP contribution is 2.23. The van der Waals surface area contributed by atoms with Crippen LogP contribution in [0.15, 0.2) is 18.3 Å². The molecule has 0 fully saturated rings. The Bertz CT molecular complexity index is 329. The van der Waals surface area contributed by atoms with Gasteiger partial charge < -0.3 is 10.1 Å². The van der Waals surface area contributed by atoms with Crippen LogP contribution in [0.5, 0.6) is 5.75 Å². The van der Waals surface area contributed by atoms with Crippen molar-refractivity contribution in [2.45, 2.75) is 32.1 Å². The summed E-state index contributed by atoms with van der Waals surface area (Å²) < 4.78 is 5.22. The van der Waals surface area contributed by atoms with Crippen LogP contribution in [0.2, 0.25) is 0 Å². The molecule has 4 heteroatoms. The van der Waals surface area contributed by atoms with Crippen molar-refractivity contribution in [1.82, 2.24) is 4.98 Å². The minimum Gasteiger partial charge on any atom is -0.493 e. The van der Waals surface area contributed by atoms with Crippen molar-refractivity contribution in [3.63, 3.8) is 0 Å². The van der Waals surface area contributed by atoms with Crippen LogP contribution in [0.1, 0.15) is 26.7 Å². The average molecular weight is 257 g/mol. The first kappa shape index (κ1) is 14.1. The third-order valence-electron chi connectivity index (χ3n) is 3.02. The Morgan fingerprint density at radius 1 is 1.41 bits per heavy atom. The number of nitrogens with zero attached hydrogens (tertiary/aromatic N) is 1. The minimum absolute atomic E-state index is 0.122. The van der Waals surface area contributed by atoms with Crippen molar-refractivity contribution < 1.29 is 4.74 Å². The van der Waals surface area contributed by atoms with Gasteiger partial charge in [0.05, 0.1) is 12.5 Å². The molecule has 0 aliphatic carbocycles. The Morgan fingerprint density at radius 3 is 2.71 bits per heavy atom. The second-order valence-corrected chi connectivity index (χ2v) is 4.59. The summed E-state index contributed by atoms with van der Waals surface area (Å²) in [5.74, 6) is 2.05. The van der Waals surface area contributed by atoms with E-state index in [-0.39, 0.29) is 5.38 Å². The third-order valence-corrected chi connectivity index (χ3v) is 3.53. The van der Waals surface area contributed by atoms with Crippen LogP contribution in [-0.4, -0.2) is 24.0 Å². The second-order valence-electron chi connectivity index (χ2n) is 4.03. The first-order valence-corrected chi connectivity index (χ1v) is 6.53. The predicted molar refractivity (Wildman–Crippen MR) is 73.0 cm³/mol. The number of hydrogen-bond acceptors (Lipinski definition) is 3. The number of hydrogen-bond donors (Lipinski definition) is 1. The molecule has 0 aliphatic heterocycles. The lowest BCUT2D eigenvalue weighted by molar-refractivity contribution is 0.414. The van der Waals surface area contributed by atoms with Gasteiger partial charge in [0.2, 0.25) is 0 Å². The van der Waals surface area contributed by atoms with Crippen LogP contribution >= 0.6 is 11.6 Å². The maximum absolute atomic E-state index is 6.36. The van der Waals surface area contributed by atoms with E-state index in [9.17, 15) is 0 Å². The molecule has 0 aromatic carbocycles. The number of anilines is 1. The monoisotopic (exact) mass is 256 g/mol. The highest BCUT2D eigenvalue weighted by molar-refractivity contribution is 6.21. The molecular weight excluding hydrogens is 236 g/mol. The number of nitrogens with one attached hydrogen (secondary N) is 1. The molecule has 1 rings (SSSR count). The number of pyridine rings is 1. The summed E-state index contributed by atoms with van der Waals surface area (Å²) in [7, 11) is 1.64. The molecule has 0 bridgehead atoms. The van der Waals surface area contributed by atoms with Gasteiger partial charge in [-0.05, 0) is 18.1 Å². The number of halogens is 1. The number of methoxy groups -OCH3 is 1. The van der Waals surface area contributed by atoms with E-state index in [4.69, 9.17) is 16.3 Å². The van der Waals surface area contributed by atoms with Gasteiger partial charge in [0, 0.05) is 12.7 Å². The van der Waals surface area contributed by atoms with Crippen molar-refractivity contribution in [1.29, 1.82) is 0 Å². The minimum atomic E-state index is 0.122. The number of aromatic nitrogens is 1. The first-order valence-electron chi connectivity index (χ1n) is 6.09. The second kappa shape index (κ2) is 7.38. The van der Waals surface area contributed by atoms with E-state index in [0.717, 1.165) is 24.4 Å². The molecule has 0 aliphatic rings. The van der Waals surface area contributed by atoms with Gasteiger partial charge in [-0.2, -0.15) is 0 Å². The molecule has 96 valence electrons. The molecule has 0 saturated heterocycles. The fourth-order valence-corrected chi connectivity index (χ4v) is 2.28. The molecule has 17 heavy (non-hydrogen) atoms. The Balaban J connectivity index is 2.54. The summed E-state index contributed by atoms with van der Waals surface area (Å²) in [6.45, 7) is 5.05. The quantitative estimate of drug-likeness (QED) is 0.758. The molecule has 1 unspecified atom stereocenters. The number of rotatable bonds is 7. The molecule has 0 radical (unpaired) electrons. The molecule has 0 amide bonds. The summed E-state index contributed by atoms with van der Waals surface area (Å²) in [4.78, 5) is 4.24. The van der Waals surface area contributed by atoms with Crippen LogP contribution in [0, 0.1) is 5.92 Å². The van der Waals surface area contributed by atoms with Gasteiger partial charge in [0.15, 0.2) is 11.6 Å². The molecule has 0 saturated carbocycles. The Labute approximate surface area is 109 Å². The number of alkyl halides is 1. The summed E-state index contributed by atoms with van der Waals surface area (Å²) in [6, 6.07) is 3.73. The van der Waals surface area contributed by atoms with Gasteiger partial charge in [-0.3, -0.25) is 0 Å². The maximum atomic E-state index is 6.36. The Hall–Kier alpha value is -0.960. The van der Waals surface area contributed by atoms with Crippen molar-refractivity contribution >= 4 is 17.4 Å². The van der Waals surface area contributed by atoms with Crippen LogP contribution in [-0.2, 0) is 0 Å². The molecule has 1 aromatic heterocycles. The zero-order valence-electron chi connectivity index (χ0n) is 10.7. The van der Waals surface area contributed by atoms with E-state index < -0.39 is 0 Å². The van der Waals surface area contributed by atoms with Crippen molar-refractivity contribution in [3.05, 3.63) is 18.3 Å². The largest absolute Gasteiger partial charge is 0.493 e. The molecule has 1 N–H and O–H groups in total. The lowest BCUT2D eigenvalue weighted by atomic mass is 9.99. The molecule has 0 spiro atoms. The lowest BCUT2D eigenvalue weighted by Crippen LogP contribution is -2.23. The van der Waals surface area contributed by atoms with E-state index >= 15 is 0 Å². The Kier molecular flexibility index (Phi) is 6.12. The van der Waals surface area contributed by atoms with Gasteiger partial charge in [0.1, 0.15) is 0 Å². The normalized spacial score (nSPS) is 12.5. The molecule has 1 heterocycles. The van der Waals surface area contributed by atoms with Crippen molar-refractivity contribution in [3.8, 4) is 5.75 Å². The van der Waals surface area contributed by atoms with Crippen LogP contribution in [0.4, 0.5) is 5.82 Å². The van der Waals surface area contributed by atoms with Gasteiger partial charge in [0.25, 0.3) is 0 Å². The van der Waals surface area contributed by atoms with E-state index in [2.05, 4.69) is 24.1 Å². The number of ether oxygens (including phenoxy) is 1. The van der Waals surface area contributed by atoms with Crippen LogP contribution < -0.4 is 10.1 Å². The molecular formula is C13H21ClN2O. The highest BCUT2D eigenvalue weighted by atomic mass is 35.5. The van der Waals surface area contributed by atoms with Crippen LogP contribution in [0.3, 0.4) is 0 Å². The van der Waals surface area contributed by atoms with Gasteiger partial charge >= 0.3 is 0 Å². The van der Waals surface area contributed by atoms with Gasteiger partial charge in [-0.1, -0.05) is 26.7 Å². The van der Waals surface area contributed by atoms with Crippen LogP contribution in [0.25, 0.3) is 0 Å². The van der Waals surface area contributed by atoms with Crippen molar-refractivity contribution in [2.75, 3.05) is 19.0 Å². The zero-order chi connectivity index (χ0) is 12.7. The first-order chi connectivity index (χ1) is 8.22. The summed E-state index contributed by atoms with van der Waals surface area (Å²) in [5.41, 5.74) is 0. The fourth-order valence-electron chi connectivity index (χ4n) is 1.85. The van der Waals surface area contributed by atoms with E-state index in [1.165, 1.54) is 0 Å². The third kappa shape index (κ3) is 4.08. The smallest absolute Gasteiger partial charge is 0.168 e. The van der Waals surface area contributed by atoms with E-state index in [0.29, 0.717) is 12.5 Å². The van der Waals surface area contributed by atoms with Gasteiger partial charge in [-0.15, -0.1) is 11.6 Å². The fraction of sp³-hybridized carbons (Fsp3) is 0.615. The average Bonchev–Trinajstić information content (AvgIpc) is 2.38. The maximum Gasteiger partial charge on any atom is 0.168 e. The highest BCUT2D eigenvalue weighted by Gasteiger charge is 2.16. The Morgan fingerprint density at radius 2 is 2.12 bits per heavy atom. The van der Waals surface area contributed by atoms with E-state index in [1.807, 2.05) is 12.1 Å². The molecule has 3 nitrogen and oxygen atoms in total. The SMILES string of the molecule is CCC(CC)C(Cl)CNc1ncccc1OC. The van der Waals surface area contributed by atoms with Gasteiger partial charge in [-0.25, -0.2) is 4.98 Å². The summed E-state index contributed by atoms with van der Waals surface area (Å²) in [5, 5.41) is 3.37. The molecule has 1 aromatic rings. The molecule has 1 atom stereocenters. The standard InChI is InChI=1S/C13H21ClN2O/c1-4-10(5-2)11(14)9-16-13-12(17-3)7-6-8-15-13/h6-8,10-11H,4-5,9H2,1-3H3,(H,15,16). The predicted octanol–water partition coefficient (Wildman–Crippen LogP) is 3.55. The van der Waals surface area contributed by atoms with Crippen molar-refractivity contribution in [2.24, 2.45) is 5.92 Å². The summed E-state index contributed by atoms with van der Waals surface area (Å²) >= 11 is 6.36. The topological polar surface area (TPSA) is 34.2 Å². The lowest BCUT2D eigenvalue weighted by Gasteiger charge is -2.20. The van der Waals surface area contributed by atoms with E-state index in [1.54, 1.807) is 13.3 Å². The zero-order valence-corrected chi connectivity index (χ0v) is 11.5.